The van der Waals surface area contributed by atoms with Gasteiger partial charge in [-0.25, -0.2) is 0 Å². The Kier molecular flexibility index (Phi) is 2.78. The van der Waals surface area contributed by atoms with Crippen molar-refractivity contribution in [2.45, 2.75) is 38.8 Å². The van der Waals surface area contributed by atoms with E-state index >= 15 is 0 Å². The summed E-state index contributed by atoms with van der Waals surface area (Å²) in [7, 11) is 0. The summed E-state index contributed by atoms with van der Waals surface area (Å²) in [4.78, 5) is 0. The summed E-state index contributed by atoms with van der Waals surface area (Å²) in [5, 5.41) is 15.9. The Labute approximate surface area is 87.0 Å². The smallest absolute Gasteiger partial charge is 0.0969 e. The quantitative estimate of drug-likeness (QED) is 0.416. The van der Waals surface area contributed by atoms with Crippen LogP contribution in [0.3, 0.4) is 0 Å². The molecule has 1 heterocycles. The summed E-state index contributed by atoms with van der Waals surface area (Å²) in [5.74, 6) is 0. The highest BCUT2D eigenvalue weighted by molar-refractivity contribution is 4.93. The van der Waals surface area contributed by atoms with Crippen LogP contribution in [0.2, 0.25) is 0 Å². The molecule has 0 aromatic rings. The van der Waals surface area contributed by atoms with Gasteiger partial charge in [0.15, 0.2) is 0 Å². The third-order valence-corrected chi connectivity index (χ3v) is 2.51. The molecular formula is C11H22N2O. The van der Waals surface area contributed by atoms with Gasteiger partial charge in [-0.3, -0.25) is 5.32 Å². The zero-order valence-corrected chi connectivity index (χ0v) is 9.76. The molecule has 0 aliphatic carbocycles. The van der Waals surface area contributed by atoms with E-state index < -0.39 is 0 Å². The van der Waals surface area contributed by atoms with Gasteiger partial charge in [0.25, 0.3) is 0 Å². The third-order valence-electron chi connectivity index (χ3n) is 2.51. The topological polar surface area (TPSA) is 35.1 Å². The van der Waals surface area contributed by atoms with Gasteiger partial charge in [0.05, 0.1) is 30.7 Å². The van der Waals surface area contributed by atoms with Crippen LogP contribution in [0.5, 0.6) is 0 Å². The predicted octanol–water partition coefficient (Wildman–Crippen LogP) is 1.65. The van der Waals surface area contributed by atoms with Crippen molar-refractivity contribution in [3.63, 3.8) is 0 Å². The minimum atomic E-state index is -0.156. The minimum Gasteiger partial charge on any atom is -0.632 e. The van der Waals surface area contributed by atoms with Gasteiger partial charge in [0, 0.05) is 0 Å². The zero-order chi connectivity index (χ0) is 11.0. The van der Waals surface area contributed by atoms with Gasteiger partial charge in [-0.1, -0.05) is 6.58 Å². The van der Waals surface area contributed by atoms with Crippen LogP contribution in [-0.4, -0.2) is 35.4 Å². The molecule has 1 aliphatic heterocycles. The summed E-state index contributed by atoms with van der Waals surface area (Å²) < 4.78 is -0.156. The standard InChI is InChI=1S/C11H22N2O/c1-6-7-13(14)8-10(2,3)12-11(4,5)9-13/h6,12H,1,7-9H2,2-5H3. The molecule has 0 spiro atoms. The van der Waals surface area contributed by atoms with Crippen molar-refractivity contribution >= 4 is 0 Å². The lowest BCUT2D eigenvalue weighted by Crippen LogP contribution is -2.72. The van der Waals surface area contributed by atoms with E-state index in [4.69, 9.17) is 0 Å². The van der Waals surface area contributed by atoms with Crippen LogP contribution >= 0.6 is 0 Å². The van der Waals surface area contributed by atoms with Gasteiger partial charge in [0.2, 0.25) is 0 Å². The van der Waals surface area contributed by atoms with Crippen molar-refractivity contribution in [1.82, 2.24) is 5.32 Å². The fraction of sp³-hybridized carbons (Fsp3) is 0.818. The molecule has 0 aromatic carbocycles. The van der Waals surface area contributed by atoms with E-state index in [1.807, 2.05) is 0 Å². The average Bonchev–Trinajstić information content (AvgIpc) is 1.75. The molecule has 1 rings (SSSR count). The van der Waals surface area contributed by atoms with Crippen molar-refractivity contribution in [3.8, 4) is 0 Å². The van der Waals surface area contributed by atoms with Crippen molar-refractivity contribution in [1.29, 1.82) is 0 Å². The highest BCUT2D eigenvalue weighted by atomic mass is 16.5. The van der Waals surface area contributed by atoms with Crippen LogP contribution in [0.1, 0.15) is 27.7 Å². The summed E-state index contributed by atoms with van der Waals surface area (Å²) >= 11 is 0. The maximum atomic E-state index is 12.4. The third kappa shape index (κ3) is 2.80. The molecule has 0 bridgehead atoms. The largest absolute Gasteiger partial charge is 0.632 e. The number of hydrogen-bond donors (Lipinski definition) is 1. The number of quaternary nitrogens is 1. The maximum Gasteiger partial charge on any atom is 0.0969 e. The van der Waals surface area contributed by atoms with Crippen LogP contribution in [-0.2, 0) is 0 Å². The Bertz CT molecular complexity index is 217. The molecule has 14 heavy (non-hydrogen) atoms. The Morgan fingerprint density at radius 3 is 2.07 bits per heavy atom. The van der Waals surface area contributed by atoms with Crippen molar-refractivity contribution in [3.05, 3.63) is 17.9 Å². The van der Waals surface area contributed by atoms with Gasteiger partial charge < -0.3 is 9.85 Å². The van der Waals surface area contributed by atoms with Gasteiger partial charge in [0.1, 0.15) is 0 Å². The molecule has 0 aromatic heterocycles. The van der Waals surface area contributed by atoms with Gasteiger partial charge >= 0.3 is 0 Å². The predicted molar refractivity (Wildman–Crippen MR) is 59.7 cm³/mol. The molecule has 0 atom stereocenters. The van der Waals surface area contributed by atoms with Crippen molar-refractivity contribution in [2.24, 2.45) is 0 Å². The minimum absolute atomic E-state index is 0.0908. The second-order valence-corrected chi connectivity index (χ2v) is 5.74. The second kappa shape index (κ2) is 3.33. The molecule has 1 fully saturated rings. The Balaban J connectivity index is 2.85. The number of rotatable bonds is 2. The van der Waals surface area contributed by atoms with Crippen LogP contribution in [0.4, 0.5) is 0 Å². The molecule has 0 amide bonds. The second-order valence-electron chi connectivity index (χ2n) is 5.74. The molecule has 1 aliphatic rings. The highest BCUT2D eigenvalue weighted by Gasteiger charge is 2.42. The first kappa shape index (κ1) is 11.7. The molecular weight excluding hydrogens is 176 g/mol. The van der Waals surface area contributed by atoms with E-state index in [9.17, 15) is 5.21 Å². The zero-order valence-electron chi connectivity index (χ0n) is 9.76. The SMILES string of the molecule is C=CC[N+]1([O-])CC(C)(C)NC(C)(C)C1. The molecule has 1 saturated heterocycles. The maximum absolute atomic E-state index is 12.4. The normalized spacial score (nSPS) is 28.4. The summed E-state index contributed by atoms with van der Waals surface area (Å²) in [6.45, 7) is 13.7. The number of nitrogens with zero attached hydrogens (tertiary/aromatic N) is 1. The van der Waals surface area contributed by atoms with Crippen LogP contribution < -0.4 is 5.32 Å². The fourth-order valence-corrected chi connectivity index (χ4v) is 2.86. The van der Waals surface area contributed by atoms with E-state index in [1.165, 1.54) is 0 Å². The first-order valence-electron chi connectivity index (χ1n) is 5.15. The van der Waals surface area contributed by atoms with E-state index in [0.717, 1.165) is 0 Å². The van der Waals surface area contributed by atoms with Gasteiger partial charge in [-0.2, -0.15) is 0 Å². The van der Waals surface area contributed by atoms with Gasteiger partial charge in [-0.05, 0) is 33.8 Å². The Morgan fingerprint density at radius 1 is 1.29 bits per heavy atom. The van der Waals surface area contributed by atoms with E-state index in [0.29, 0.717) is 19.6 Å². The van der Waals surface area contributed by atoms with E-state index in [-0.39, 0.29) is 15.7 Å². The molecule has 1 N–H and O–H groups in total. The first-order chi connectivity index (χ1) is 6.18. The lowest BCUT2D eigenvalue weighted by atomic mass is 9.91. The van der Waals surface area contributed by atoms with Crippen LogP contribution in [0, 0.1) is 5.21 Å². The lowest BCUT2D eigenvalue weighted by Gasteiger charge is -2.56. The Hall–Kier alpha value is -0.380. The van der Waals surface area contributed by atoms with E-state index in [2.05, 4.69) is 39.6 Å². The molecule has 0 unspecified atom stereocenters. The average molecular weight is 198 g/mol. The summed E-state index contributed by atoms with van der Waals surface area (Å²) in [5.41, 5.74) is -0.182. The summed E-state index contributed by atoms with van der Waals surface area (Å²) in [6, 6.07) is 0. The fourth-order valence-electron chi connectivity index (χ4n) is 2.86. The molecule has 3 nitrogen and oxygen atoms in total. The van der Waals surface area contributed by atoms with Crippen molar-refractivity contribution in [2.75, 3.05) is 19.6 Å². The molecule has 82 valence electrons. The van der Waals surface area contributed by atoms with Crippen LogP contribution in [0.25, 0.3) is 0 Å². The molecule has 3 heteroatoms. The molecule has 0 radical (unpaired) electrons. The number of hydroxylamine groups is 3. The van der Waals surface area contributed by atoms with Crippen LogP contribution in [0.15, 0.2) is 12.7 Å². The van der Waals surface area contributed by atoms with Gasteiger partial charge in [-0.15, -0.1) is 0 Å². The monoisotopic (exact) mass is 198 g/mol. The molecule has 0 saturated carbocycles. The summed E-state index contributed by atoms with van der Waals surface area (Å²) in [6.07, 6.45) is 1.73. The van der Waals surface area contributed by atoms with E-state index in [1.54, 1.807) is 6.08 Å². The highest BCUT2D eigenvalue weighted by Crippen LogP contribution is 2.26. The number of hydrogen-bond acceptors (Lipinski definition) is 2. The van der Waals surface area contributed by atoms with Crippen molar-refractivity contribution < 1.29 is 4.65 Å². The number of nitrogens with one attached hydrogen (secondary N) is 1. The first-order valence-corrected chi connectivity index (χ1v) is 5.15. The Morgan fingerprint density at radius 2 is 1.71 bits per heavy atom. The number of piperazine rings is 1. The lowest BCUT2D eigenvalue weighted by molar-refractivity contribution is -0.888.